The molecule has 3 aliphatic rings. The molecule has 2 aromatic heterocycles. The number of rotatable bonds is 1. The average Bonchev–Trinajstić information content (AvgIpc) is 3.56. The molecule has 3 aromatic carbocycles. The van der Waals surface area contributed by atoms with Crippen molar-refractivity contribution in [3.8, 4) is 39.7 Å². The molecule has 2 aliphatic heterocycles. The Bertz CT molecular complexity index is 1780. The maximum atomic E-state index is 9.75. The molecule has 1 saturated carbocycles. The molecule has 1 aliphatic carbocycles. The molecule has 0 amide bonds. The van der Waals surface area contributed by atoms with Crippen LogP contribution in [0, 0.1) is 18.3 Å². The van der Waals surface area contributed by atoms with Crippen LogP contribution in [0.2, 0.25) is 0 Å². The first-order chi connectivity index (χ1) is 17.7. The molecule has 1 spiro atoms. The molecule has 8 rings (SSSR count). The van der Waals surface area contributed by atoms with Crippen molar-refractivity contribution < 1.29 is 9.13 Å². The predicted octanol–water partition coefficient (Wildman–Crippen LogP) is 5.85. The van der Waals surface area contributed by atoms with Crippen molar-refractivity contribution >= 4 is 0 Å². The van der Waals surface area contributed by atoms with Gasteiger partial charge in [-0.1, -0.05) is 48.5 Å². The van der Waals surface area contributed by atoms with Gasteiger partial charge in [-0.2, -0.15) is 14.4 Å². The lowest BCUT2D eigenvalue weighted by Gasteiger charge is -2.12. The van der Waals surface area contributed by atoms with Gasteiger partial charge in [-0.05, 0) is 54.4 Å². The fourth-order valence-corrected chi connectivity index (χ4v) is 6.98. The molecule has 3 nitrogen and oxygen atoms in total. The highest BCUT2D eigenvalue weighted by atomic mass is 15.3. The summed E-state index contributed by atoms with van der Waals surface area (Å²) in [6.45, 7) is 2.17. The zero-order valence-corrected chi connectivity index (χ0v) is 19.9. The number of aromatic nitrogens is 2. The molecule has 0 bridgehead atoms. The molecule has 168 valence electrons. The Morgan fingerprint density at radius 3 is 2.42 bits per heavy atom. The summed E-state index contributed by atoms with van der Waals surface area (Å²) >= 11 is 0. The summed E-state index contributed by atoms with van der Waals surface area (Å²) in [5.74, 6) is 0.249. The Morgan fingerprint density at radius 2 is 1.56 bits per heavy atom. The van der Waals surface area contributed by atoms with Crippen molar-refractivity contribution in [3.05, 3.63) is 132 Å². The van der Waals surface area contributed by atoms with Gasteiger partial charge in [0.1, 0.15) is 5.92 Å². The van der Waals surface area contributed by atoms with Crippen LogP contribution in [0.3, 0.4) is 0 Å². The van der Waals surface area contributed by atoms with Gasteiger partial charge in [-0.15, -0.1) is 0 Å². The smallest absolute Gasteiger partial charge is 0.192 e. The number of fused-ring (bicyclic) bond motifs is 13. The van der Waals surface area contributed by atoms with Crippen molar-refractivity contribution in [2.24, 2.45) is 0 Å². The number of hydrogen-bond donors (Lipinski definition) is 0. The Hall–Kier alpha value is -4.55. The zero-order valence-electron chi connectivity index (χ0n) is 19.9. The highest BCUT2D eigenvalue weighted by molar-refractivity contribution is 5.75. The van der Waals surface area contributed by atoms with Gasteiger partial charge in [-0.3, -0.25) is 0 Å². The summed E-state index contributed by atoms with van der Waals surface area (Å²) in [4.78, 5) is 0. The van der Waals surface area contributed by atoms with E-state index in [1.54, 1.807) is 0 Å². The molecule has 0 saturated heterocycles. The number of nitriles is 1. The van der Waals surface area contributed by atoms with Gasteiger partial charge in [0.05, 0.1) is 22.8 Å². The van der Waals surface area contributed by atoms with Gasteiger partial charge >= 0.3 is 0 Å². The second kappa shape index (κ2) is 6.77. The Kier molecular flexibility index (Phi) is 3.71. The number of nitrogens with zero attached hydrogens (tertiary/aromatic N) is 3. The van der Waals surface area contributed by atoms with Gasteiger partial charge in [0, 0.05) is 28.8 Å². The van der Waals surface area contributed by atoms with Crippen molar-refractivity contribution in [2.75, 3.05) is 0 Å². The first kappa shape index (κ1) is 19.7. The topological polar surface area (TPSA) is 31.5 Å². The van der Waals surface area contributed by atoms with Crippen LogP contribution in [0.1, 0.15) is 34.2 Å². The van der Waals surface area contributed by atoms with E-state index in [0.29, 0.717) is 0 Å². The third-order valence-corrected chi connectivity index (χ3v) is 8.44. The van der Waals surface area contributed by atoms with Crippen LogP contribution in [0.25, 0.3) is 33.6 Å². The Balaban J connectivity index is 1.46. The monoisotopic (exact) mass is 461 g/mol. The molecule has 0 N–H and O–H groups in total. The normalized spacial score (nSPS) is 21.6. The van der Waals surface area contributed by atoms with E-state index in [1.807, 2.05) is 6.07 Å². The van der Waals surface area contributed by atoms with E-state index in [2.05, 4.69) is 126 Å². The third-order valence-electron chi connectivity index (χ3n) is 8.44. The average molecular weight is 462 g/mol. The molecule has 5 aromatic rings. The van der Waals surface area contributed by atoms with E-state index in [0.717, 1.165) is 5.56 Å². The fourth-order valence-electron chi connectivity index (χ4n) is 6.98. The maximum Gasteiger partial charge on any atom is 0.269 e. The highest BCUT2D eigenvalue weighted by Gasteiger charge is 2.86. The fraction of sp³-hybridized carbons (Fsp3) is 0.121. The lowest BCUT2D eigenvalue weighted by molar-refractivity contribution is -0.771. The second-order valence-electron chi connectivity index (χ2n) is 10.2. The standard InChI is InChI=1S/C33H23N3/c1-21-11-15-29-25-14-12-22(18-34)17-27(25)31-32(35(29)19-21)33(31)28-10-6-5-9-26(28)30-16-13-24(20-36(30)33)23-7-3-2-4-8-23/h2-17,19-20,31-32H,1H3/q+2. The Labute approximate surface area is 210 Å². The van der Waals surface area contributed by atoms with E-state index >= 15 is 0 Å². The van der Waals surface area contributed by atoms with Gasteiger partial charge in [0.25, 0.3) is 5.54 Å². The molecular formula is C33H23N3+2. The van der Waals surface area contributed by atoms with Crippen LogP contribution in [0.4, 0.5) is 0 Å². The van der Waals surface area contributed by atoms with Crippen LogP contribution in [-0.4, -0.2) is 0 Å². The summed E-state index contributed by atoms with van der Waals surface area (Å²) in [6, 6.07) is 37.3. The Morgan fingerprint density at radius 1 is 0.750 bits per heavy atom. The minimum Gasteiger partial charge on any atom is -0.192 e. The second-order valence-corrected chi connectivity index (χ2v) is 10.2. The maximum absolute atomic E-state index is 9.75. The van der Waals surface area contributed by atoms with Gasteiger partial charge < -0.3 is 0 Å². The van der Waals surface area contributed by atoms with Crippen molar-refractivity contribution in [1.82, 2.24) is 0 Å². The van der Waals surface area contributed by atoms with Crippen LogP contribution in [-0.2, 0) is 5.54 Å². The minimum absolute atomic E-state index is 0.233. The van der Waals surface area contributed by atoms with Crippen LogP contribution < -0.4 is 9.13 Å². The van der Waals surface area contributed by atoms with Gasteiger partial charge in [-0.25, -0.2) is 0 Å². The lowest BCUT2D eigenvalue weighted by Crippen LogP contribution is -2.51. The molecular weight excluding hydrogens is 438 g/mol. The van der Waals surface area contributed by atoms with E-state index in [9.17, 15) is 5.26 Å². The molecule has 36 heavy (non-hydrogen) atoms. The molecule has 4 heterocycles. The molecule has 1 fully saturated rings. The number of benzene rings is 3. The van der Waals surface area contributed by atoms with E-state index in [1.165, 1.54) is 50.3 Å². The SMILES string of the molecule is Cc1ccc2[n+](c1)C1C(c3cc(C#N)ccc3-2)C12c1ccccc1-c1ccc(-c3ccccc3)c[n+]12. The van der Waals surface area contributed by atoms with Gasteiger partial charge in [0.2, 0.25) is 17.4 Å². The van der Waals surface area contributed by atoms with Crippen molar-refractivity contribution in [2.45, 2.75) is 24.4 Å². The molecule has 3 unspecified atom stereocenters. The molecule has 3 heteroatoms. The van der Waals surface area contributed by atoms with E-state index in [-0.39, 0.29) is 17.5 Å². The minimum atomic E-state index is -0.233. The summed E-state index contributed by atoms with van der Waals surface area (Å²) in [5.41, 5.74) is 11.9. The third kappa shape index (κ3) is 2.32. The van der Waals surface area contributed by atoms with Crippen LogP contribution in [0.15, 0.2) is 109 Å². The largest absolute Gasteiger partial charge is 0.269 e. The zero-order chi connectivity index (χ0) is 24.0. The summed E-state index contributed by atoms with van der Waals surface area (Å²) in [6.07, 6.45) is 4.66. The number of hydrogen-bond acceptors (Lipinski definition) is 1. The number of aryl methyl sites for hydroxylation is 1. The molecule has 3 atom stereocenters. The first-order valence-corrected chi connectivity index (χ1v) is 12.5. The van der Waals surface area contributed by atoms with E-state index in [4.69, 9.17) is 0 Å². The predicted molar refractivity (Wildman–Crippen MR) is 138 cm³/mol. The first-order valence-electron chi connectivity index (χ1n) is 12.5. The quantitative estimate of drug-likeness (QED) is 0.288. The lowest BCUT2D eigenvalue weighted by atomic mass is 9.92. The number of pyridine rings is 2. The van der Waals surface area contributed by atoms with Gasteiger partial charge in [0.15, 0.2) is 12.4 Å². The highest BCUT2D eigenvalue weighted by Crippen LogP contribution is 2.70. The van der Waals surface area contributed by atoms with Crippen LogP contribution >= 0.6 is 0 Å². The summed E-state index contributed by atoms with van der Waals surface area (Å²) in [7, 11) is 0. The molecule has 0 radical (unpaired) electrons. The summed E-state index contributed by atoms with van der Waals surface area (Å²) < 4.78 is 5.05. The van der Waals surface area contributed by atoms with Crippen LogP contribution in [0.5, 0.6) is 0 Å². The summed E-state index contributed by atoms with van der Waals surface area (Å²) in [5, 5.41) is 9.75. The van der Waals surface area contributed by atoms with Crippen molar-refractivity contribution in [1.29, 1.82) is 5.26 Å². The van der Waals surface area contributed by atoms with Crippen molar-refractivity contribution in [3.63, 3.8) is 0 Å². The van der Waals surface area contributed by atoms with E-state index < -0.39 is 0 Å².